The summed E-state index contributed by atoms with van der Waals surface area (Å²) in [5.41, 5.74) is 0.927. The number of carbonyl (C=O) groups is 1. The molecule has 1 amide bonds. The van der Waals surface area contributed by atoms with Crippen LogP contribution in [0.1, 0.15) is 6.92 Å². The van der Waals surface area contributed by atoms with Crippen LogP contribution in [0, 0.1) is 0 Å². The maximum absolute atomic E-state index is 11.9. The molecule has 0 aliphatic rings. The van der Waals surface area contributed by atoms with Crippen LogP contribution in [0.2, 0.25) is 0 Å². The van der Waals surface area contributed by atoms with Gasteiger partial charge in [-0.25, -0.2) is 0 Å². The number of nitrogens with zero attached hydrogens (tertiary/aromatic N) is 2. The highest BCUT2D eigenvalue weighted by atomic mass is 16.2. The standard InChI is InChI=1S/C17H21N3O2/c1-14(19(2)15-8-4-3-5-9-15)12-18-16(21)13-20-11-7-6-10-17(20)22/h3-11,14H,12-13H2,1-2H3,(H,18,21)/t14-/m0/s1. The summed E-state index contributed by atoms with van der Waals surface area (Å²) in [5.74, 6) is -0.165. The van der Waals surface area contributed by atoms with E-state index < -0.39 is 0 Å². The Bertz CT molecular complexity index is 667. The number of aromatic nitrogens is 1. The molecule has 22 heavy (non-hydrogen) atoms. The zero-order chi connectivity index (χ0) is 15.9. The summed E-state index contributed by atoms with van der Waals surface area (Å²) in [6.07, 6.45) is 1.61. The molecule has 0 radical (unpaired) electrons. The number of carbonyl (C=O) groups excluding carboxylic acids is 1. The van der Waals surface area contributed by atoms with Gasteiger partial charge in [0.05, 0.1) is 0 Å². The minimum absolute atomic E-state index is 0.0431. The van der Waals surface area contributed by atoms with Crippen LogP contribution in [0.5, 0.6) is 0 Å². The second-order valence-corrected chi connectivity index (χ2v) is 5.27. The molecular formula is C17H21N3O2. The van der Waals surface area contributed by atoms with Crippen LogP contribution in [0.3, 0.4) is 0 Å². The van der Waals surface area contributed by atoms with Gasteiger partial charge in [0.25, 0.3) is 5.56 Å². The molecule has 1 aromatic carbocycles. The largest absolute Gasteiger partial charge is 0.370 e. The Morgan fingerprint density at radius 3 is 2.55 bits per heavy atom. The Morgan fingerprint density at radius 2 is 1.86 bits per heavy atom. The fraction of sp³-hybridized carbons (Fsp3) is 0.294. The number of pyridine rings is 1. The monoisotopic (exact) mass is 299 g/mol. The molecule has 116 valence electrons. The summed E-state index contributed by atoms with van der Waals surface area (Å²) < 4.78 is 1.39. The highest BCUT2D eigenvalue weighted by Crippen LogP contribution is 2.13. The molecule has 0 aliphatic heterocycles. The van der Waals surface area contributed by atoms with Crippen molar-refractivity contribution >= 4 is 11.6 Å². The summed E-state index contributed by atoms with van der Waals surface area (Å²) in [4.78, 5) is 25.6. The first-order valence-electron chi connectivity index (χ1n) is 7.28. The van der Waals surface area contributed by atoms with Crippen LogP contribution in [-0.4, -0.2) is 30.1 Å². The topological polar surface area (TPSA) is 54.3 Å². The van der Waals surface area contributed by atoms with Crippen molar-refractivity contribution in [1.29, 1.82) is 0 Å². The molecule has 1 heterocycles. The molecule has 0 aliphatic carbocycles. The van der Waals surface area contributed by atoms with E-state index in [9.17, 15) is 9.59 Å². The highest BCUT2D eigenvalue weighted by molar-refractivity contribution is 5.75. The van der Waals surface area contributed by atoms with E-state index in [0.717, 1.165) is 5.69 Å². The van der Waals surface area contributed by atoms with Gasteiger partial charge in [0.2, 0.25) is 5.91 Å². The van der Waals surface area contributed by atoms with Crippen molar-refractivity contribution in [2.24, 2.45) is 0 Å². The van der Waals surface area contributed by atoms with Crippen molar-refractivity contribution < 1.29 is 4.79 Å². The first-order valence-corrected chi connectivity index (χ1v) is 7.28. The number of rotatable bonds is 6. The van der Waals surface area contributed by atoms with E-state index in [0.29, 0.717) is 6.54 Å². The minimum atomic E-state index is -0.174. The van der Waals surface area contributed by atoms with Crippen LogP contribution in [0.4, 0.5) is 5.69 Å². The van der Waals surface area contributed by atoms with Crippen molar-refractivity contribution in [2.45, 2.75) is 19.5 Å². The molecule has 0 fully saturated rings. The smallest absolute Gasteiger partial charge is 0.250 e. The fourth-order valence-corrected chi connectivity index (χ4v) is 2.12. The molecule has 1 atom stereocenters. The quantitative estimate of drug-likeness (QED) is 0.879. The first-order chi connectivity index (χ1) is 10.6. The molecule has 1 N–H and O–H groups in total. The zero-order valence-electron chi connectivity index (χ0n) is 12.9. The Morgan fingerprint density at radius 1 is 1.18 bits per heavy atom. The van der Waals surface area contributed by atoms with Gasteiger partial charge in [0, 0.05) is 37.6 Å². The number of nitrogens with one attached hydrogen (secondary N) is 1. The van der Waals surface area contributed by atoms with Gasteiger partial charge < -0.3 is 14.8 Å². The van der Waals surface area contributed by atoms with Gasteiger partial charge in [-0.3, -0.25) is 9.59 Å². The van der Waals surface area contributed by atoms with Crippen molar-refractivity contribution in [3.8, 4) is 0 Å². The van der Waals surface area contributed by atoms with Gasteiger partial charge in [-0.15, -0.1) is 0 Å². The molecule has 0 bridgehead atoms. The second kappa shape index (κ2) is 7.45. The molecule has 5 heteroatoms. The third-order valence-electron chi connectivity index (χ3n) is 3.63. The molecule has 0 spiro atoms. The second-order valence-electron chi connectivity index (χ2n) is 5.27. The maximum Gasteiger partial charge on any atom is 0.250 e. The van der Waals surface area contributed by atoms with Gasteiger partial charge in [0.15, 0.2) is 0 Å². The molecule has 0 unspecified atom stereocenters. The normalized spacial score (nSPS) is 11.7. The number of amides is 1. The lowest BCUT2D eigenvalue weighted by molar-refractivity contribution is -0.121. The van der Waals surface area contributed by atoms with Crippen LogP contribution >= 0.6 is 0 Å². The molecule has 2 aromatic rings. The minimum Gasteiger partial charge on any atom is -0.370 e. The molecule has 5 nitrogen and oxygen atoms in total. The van der Waals surface area contributed by atoms with Gasteiger partial charge >= 0.3 is 0 Å². The number of likely N-dealkylation sites (N-methyl/N-ethyl adjacent to an activating group) is 1. The van der Waals surface area contributed by atoms with E-state index in [1.807, 2.05) is 44.3 Å². The van der Waals surface area contributed by atoms with Crippen LogP contribution in [0.25, 0.3) is 0 Å². The number of para-hydroxylation sites is 1. The molecule has 2 rings (SSSR count). The predicted octanol–water partition coefficient (Wildman–Crippen LogP) is 1.49. The van der Waals surface area contributed by atoms with Gasteiger partial charge in [-0.05, 0) is 25.1 Å². The Kier molecular flexibility index (Phi) is 5.36. The number of benzene rings is 1. The highest BCUT2D eigenvalue weighted by Gasteiger charge is 2.11. The molecule has 0 saturated carbocycles. The zero-order valence-corrected chi connectivity index (χ0v) is 12.9. The first kappa shape index (κ1) is 15.8. The molecule has 0 saturated heterocycles. The van der Waals surface area contributed by atoms with Gasteiger partial charge in [0.1, 0.15) is 6.54 Å². The lowest BCUT2D eigenvalue weighted by Crippen LogP contribution is -2.42. The Labute approximate surface area is 130 Å². The van der Waals surface area contributed by atoms with Crippen molar-refractivity contribution in [2.75, 3.05) is 18.5 Å². The fourth-order valence-electron chi connectivity index (χ4n) is 2.12. The summed E-state index contributed by atoms with van der Waals surface area (Å²) in [7, 11) is 1.99. The van der Waals surface area contributed by atoms with E-state index in [2.05, 4.69) is 10.2 Å². The van der Waals surface area contributed by atoms with Crippen molar-refractivity contribution in [1.82, 2.24) is 9.88 Å². The molecule has 1 aromatic heterocycles. The lowest BCUT2D eigenvalue weighted by atomic mass is 10.2. The number of anilines is 1. The van der Waals surface area contributed by atoms with Crippen LogP contribution in [-0.2, 0) is 11.3 Å². The van der Waals surface area contributed by atoms with E-state index in [4.69, 9.17) is 0 Å². The van der Waals surface area contributed by atoms with E-state index in [1.165, 1.54) is 10.6 Å². The molecular weight excluding hydrogens is 278 g/mol. The number of hydrogen-bond donors (Lipinski definition) is 1. The lowest BCUT2D eigenvalue weighted by Gasteiger charge is -2.27. The van der Waals surface area contributed by atoms with Crippen molar-refractivity contribution in [3.63, 3.8) is 0 Å². The third kappa shape index (κ3) is 4.22. The maximum atomic E-state index is 11.9. The number of hydrogen-bond acceptors (Lipinski definition) is 3. The van der Waals surface area contributed by atoms with E-state index in [-0.39, 0.29) is 24.1 Å². The van der Waals surface area contributed by atoms with E-state index >= 15 is 0 Å². The summed E-state index contributed by atoms with van der Waals surface area (Å²) >= 11 is 0. The van der Waals surface area contributed by atoms with Crippen LogP contribution < -0.4 is 15.8 Å². The SMILES string of the molecule is C[C@@H](CNC(=O)Cn1ccccc1=O)N(C)c1ccccc1. The third-order valence-corrected chi connectivity index (χ3v) is 3.63. The predicted molar refractivity (Wildman–Crippen MR) is 88.0 cm³/mol. The Balaban J connectivity index is 1.86. The average molecular weight is 299 g/mol. The summed E-state index contributed by atoms with van der Waals surface area (Å²) in [5, 5.41) is 2.87. The van der Waals surface area contributed by atoms with Crippen LogP contribution in [0.15, 0.2) is 59.5 Å². The summed E-state index contributed by atoms with van der Waals surface area (Å²) in [6.45, 7) is 2.61. The summed E-state index contributed by atoms with van der Waals surface area (Å²) in [6, 6.07) is 15.0. The average Bonchev–Trinajstić information content (AvgIpc) is 2.55. The Hall–Kier alpha value is -2.56. The van der Waals surface area contributed by atoms with E-state index in [1.54, 1.807) is 18.3 Å². The van der Waals surface area contributed by atoms with Gasteiger partial charge in [-0.2, -0.15) is 0 Å². The van der Waals surface area contributed by atoms with Crippen molar-refractivity contribution in [3.05, 3.63) is 65.1 Å². The van der Waals surface area contributed by atoms with Gasteiger partial charge in [-0.1, -0.05) is 24.3 Å².